The molecule has 0 fully saturated rings. The zero-order valence-electron chi connectivity index (χ0n) is 11.5. The van der Waals surface area contributed by atoms with Crippen LogP contribution >= 0.6 is 101 Å². The largest absolute Gasteiger partial charge is 0.173 e. The van der Waals surface area contributed by atoms with Gasteiger partial charge in [-0.3, -0.25) is 0 Å². The third kappa shape index (κ3) is 8.38. The van der Waals surface area contributed by atoms with Crippen molar-refractivity contribution in [2.45, 2.75) is 64.8 Å². The van der Waals surface area contributed by atoms with E-state index in [1.807, 2.05) is 0 Å². The fraction of sp³-hybridized carbons (Fsp3) is 0.846. The third-order valence-electron chi connectivity index (χ3n) is 3.01. The van der Waals surface area contributed by atoms with Gasteiger partial charge in [0, 0.05) is 9.65 Å². The maximum atomic E-state index is 6.34. The van der Waals surface area contributed by atoms with Crippen LogP contribution in [0.15, 0.2) is 9.52 Å². The lowest BCUT2D eigenvalue weighted by molar-refractivity contribution is 0.585. The quantitative estimate of drug-likeness (QED) is 0.190. The van der Waals surface area contributed by atoms with Crippen molar-refractivity contribution in [1.82, 2.24) is 0 Å². The predicted molar refractivity (Wildman–Crippen MR) is 107 cm³/mol. The number of hydrogen-bond donors (Lipinski definition) is 0. The minimum atomic E-state index is -1.55. The van der Waals surface area contributed by atoms with Gasteiger partial charge >= 0.3 is 0 Å². The minimum Gasteiger partial charge on any atom is -0.118 e. The molecule has 126 valence electrons. The first-order valence-corrected chi connectivity index (χ1v) is 10.8. The van der Waals surface area contributed by atoms with E-state index in [1.54, 1.807) is 0 Å². The van der Waals surface area contributed by atoms with Crippen molar-refractivity contribution >= 4 is 101 Å². The number of alkyl halides is 5. The lowest BCUT2D eigenvalue weighted by atomic mass is 10.1. The highest BCUT2D eigenvalue weighted by Gasteiger charge is 2.44. The molecule has 0 nitrogen and oxygen atoms in total. The van der Waals surface area contributed by atoms with Crippen molar-refractivity contribution < 1.29 is 0 Å². The number of halogens is 8. The summed E-state index contributed by atoms with van der Waals surface area (Å²) in [7, 11) is 0. The summed E-state index contributed by atoms with van der Waals surface area (Å²) in [5.41, 5.74) is 0. The zero-order valence-corrected chi connectivity index (χ0v) is 19.2. The van der Waals surface area contributed by atoms with Gasteiger partial charge in [-0.25, -0.2) is 0 Å². The highest BCUT2D eigenvalue weighted by atomic mass is 79.9. The molecule has 8 heteroatoms. The summed E-state index contributed by atoms with van der Waals surface area (Å²) >= 11 is 43.1. The summed E-state index contributed by atoms with van der Waals surface area (Å²) in [5, 5.41) is -0.762. The Morgan fingerprint density at radius 1 is 1.00 bits per heavy atom. The molecule has 3 atom stereocenters. The molecule has 0 amide bonds. The van der Waals surface area contributed by atoms with Gasteiger partial charge in [-0.05, 0) is 6.42 Å². The standard InChI is InChI=1S/C13H18Br2Cl6/c1-2-3-4-5-6-7-8(14)9(15)10(16)13(20,21)11(17)12(18)19/h8-10H,2-7H2,1H3. The van der Waals surface area contributed by atoms with Gasteiger partial charge in [0.25, 0.3) is 0 Å². The molecule has 0 aliphatic carbocycles. The Labute approximate surface area is 174 Å². The highest BCUT2D eigenvalue weighted by molar-refractivity contribution is 9.12. The van der Waals surface area contributed by atoms with Gasteiger partial charge in [-0.1, -0.05) is 129 Å². The lowest BCUT2D eigenvalue weighted by Crippen LogP contribution is -2.38. The molecule has 0 saturated heterocycles. The molecule has 0 aliphatic rings. The molecule has 0 saturated carbocycles. The van der Waals surface area contributed by atoms with Crippen LogP contribution in [0.3, 0.4) is 0 Å². The van der Waals surface area contributed by atoms with Gasteiger partial charge in [0.1, 0.15) is 4.49 Å². The van der Waals surface area contributed by atoms with Crippen LogP contribution in [0.1, 0.15) is 45.4 Å². The van der Waals surface area contributed by atoms with Crippen LogP contribution in [-0.4, -0.2) is 19.4 Å². The highest BCUT2D eigenvalue weighted by Crippen LogP contribution is 2.46. The molecule has 0 bridgehead atoms. The van der Waals surface area contributed by atoms with Crippen LogP contribution in [0.25, 0.3) is 0 Å². The Hall–Kier alpha value is 2.44. The van der Waals surface area contributed by atoms with E-state index in [2.05, 4.69) is 38.8 Å². The molecule has 21 heavy (non-hydrogen) atoms. The van der Waals surface area contributed by atoms with Gasteiger partial charge in [-0.2, -0.15) is 0 Å². The van der Waals surface area contributed by atoms with E-state index in [9.17, 15) is 0 Å². The van der Waals surface area contributed by atoms with E-state index in [1.165, 1.54) is 25.7 Å². The molecular weight excluding hydrogens is 529 g/mol. The minimum absolute atomic E-state index is 0.0683. The van der Waals surface area contributed by atoms with E-state index in [-0.39, 0.29) is 19.2 Å². The van der Waals surface area contributed by atoms with E-state index < -0.39 is 9.71 Å². The molecular formula is C13H18Br2Cl6. The first kappa shape index (κ1) is 23.4. The van der Waals surface area contributed by atoms with E-state index in [4.69, 9.17) is 69.6 Å². The van der Waals surface area contributed by atoms with Crippen molar-refractivity contribution in [3.05, 3.63) is 9.52 Å². The first-order valence-electron chi connectivity index (χ1n) is 6.67. The fourth-order valence-electron chi connectivity index (χ4n) is 1.73. The van der Waals surface area contributed by atoms with Crippen LogP contribution in [0, 0.1) is 0 Å². The summed E-state index contributed by atoms with van der Waals surface area (Å²) in [6.07, 6.45) is 7.02. The van der Waals surface area contributed by atoms with Gasteiger partial charge in [0.05, 0.1) is 10.4 Å². The molecule has 3 unspecified atom stereocenters. The lowest BCUT2D eigenvalue weighted by Gasteiger charge is -2.31. The number of rotatable bonds is 10. The molecule has 0 heterocycles. The van der Waals surface area contributed by atoms with Gasteiger partial charge in [0.15, 0.2) is 4.33 Å². The maximum absolute atomic E-state index is 6.34. The predicted octanol–water partition coefficient (Wildman–Crippen LogP) is 8.54. The molecule has 0 spiro atoms. The normalized spacial score (nSPS) is 16.4. The van der Waals surface area contributed by atoms with Crippen LogP contribution in [0.2, 0.25) is 0 Å². The van der Waals surface area contributed by atoms with Crippen molar-refractivity contribution in [2.75, 3.05) is 0 Å². The molecule has 0 N–H and O–H groups in total. The van der Waals surface area contributed by atoms with E-state index in [0.717, 1.165) is 12.8 Å². The van der Waals surface area contributed by atoms with Crippen LogP contribution in [0.5, 0.6) is 0 Å². The molecule has 0 aromatic carbocycles. The van der Waals surface area contributed by atoms with Crippen LogP contribution in [0.4, 0.5) is 0 Å². The second-order valence-corrected chi connectivity index (χ2v) is 10.2. The number of unbranched alkanes of at least 4 members (excludes halogenated alkanes) is 4. The van der Waals surface area contributed by atoms with E-state index in [0.29, 0.717) is 0 Å². The van der Waals surface area contributed by atoms with Crippen molar-refractivity contribution in [3.63, 3.8) is 0 Å². The van der Waals surface area contributed by atoms with Gasteiger partial charge in [0.2, 0.25) is 0 Å². The monoisotopic (exact) mass is 542 g/mol. The Morgan fingerprint density at radius 3 is 2.00 bits per heavy atom. The SMILES string of the molecule is CCCCCCCC(Br)C(Br)C(Cl)C(Cl)(Cl)C(Cl)=C(Cl)Cl. The maximum Gasteiger partial charge on any atom is 0.173 e. The van der Waals surface area contributed by atoms with Crippen LogP contribution < -0.4 is 0 Å². The van der Waals surface area contributed by atoms with Crippen molar-refractivity contribution in [2.24, 2.45) is 0 Å². The average molecular weight is 547 g/mol. The second kappa shape index (κ2) is 11.9. The summed E-state index contributed by atoms with van der Waals surface area (Å²) in [4.78, 5) is -0.0566. The number of hydrogen-bond acceptors (Lipinski definition) is 0. The Bertz CT molecular complexity index is 331. The van der Waals surface area contributed by atoms with E-state index >= 15 is 0 Å². The summed E-state index contributed by atoms with van der Waals surface area (Å²) in [6.45, 7) is 2.19. The molecule has 0 aromatic rings. The summed E-state index contributed by atoms with van der Waals surface area (Å²) in [5.74, 6) is 0. The third-order valence-corrected chi connectivity index (χ3v) is 9.14. The Morgan fingerprint density at radius 2 is 1.52 bits per heavy atom. The van der Waals surface area contributed by atoms with Gasteiger partial charge in [-0.15, -0.1) is 11.6 Å². The number of allylic oxidation sites excluding steroid dienone is 1. The van der Waals surface area contributed by atoms with Gasteiger partial charge < -0.3 is 0 Å². The summed E-state index contributed by atoms with van der Waals surface area (Å²) in [6, 6.07) is 0. The topological polar surface area (TPSA) is 0 Å². The zero-order chi connectivity index (χ0) is 16.6. The molecule has 0 aliphatic heterocycles. The Balaban J connectivity index is 4.48. The van der Waals surface area contributed by atoms with Crippen molar-refractivity contribution in [1.29, 1.82) is 0 Å². The molecule has 0 rings (SSSR count). The summed E-state index contributed by atoms with van der Waals surface area (Å²) < 4.78 is -1.73. The molecule has 0 aromatic heterocycles. The van der Waals surface area contributed by atoms with Crippen LogP contribution in [-0.2, 0) is 0 Å². The average Bonchev–Trinajstić information content (AvgIpc) is 2.43. The Kier molecular flexibility index (Phi) is 13.3. The molecule has 0 radical (unpaired) electrons. The van der Waals surface area contributed by atoms with Crippen molar-refractivity contribution in [3.8, 4) is 0 Å². The first-order chi connectivity index (χ1) is 9.66. The fourth-order valence-corrected chi connectivity index (χ4v) is 4.91. The second-order valence-electron chi connectivity index (χ2n) is 4.76. The smallest absolute Gasteiger partial charge is 0.118 e.